The van der Waals surface area contributed by atoms with Crippen LogP contribution in [0.25, 0.3) is 0 Å². The van der Waals surface area contributed by atoms with Crippen LogP contribution in [0.15, 0.2) is 24.3 Å². The molecule has 2 amide bonds. The summed E-state index contributed by atoms with van der Waals surface area (Å²) in [6, 6.07) is 6.88. The Kier molecular flexibility index (Phi) is 6.84. The molecule has 1 aromatic rings. The highest BCUT2D eigenvalue weighted by Crippen LogP contribution is 2.23. The molecule has 3 N–H and O–H groups in total. The van der Waals surface area contributed by atoms with Gasteiger partial charge in [-0.25, -0.2) is 4.79 Å². The SMILES string of the molecule is CCOc1ccccc1NC(=O)NC[C@](C)(O)CN1CCOCC1. The van der Waals surface area contributed by atoms with E-state index < -0.39 is 5.60 Å². The number of amides is 2. The van der Waals surface area contributed by atoms with E-state index in [0.717, 1.165) is 13.1 Å². The van der Waals surface area contributed by atoms with Crippen LogP contribution in [0.2, 0.25) is 0 Å². The summed E-state index contributed by atoms with van der Waals surface area (Å²) in [6.45, 7) is 7.73. The molecule has 1 atom stereocenters. The minimum atomic E-state index is -1.01. The molecule has 134 valence electrons. The molecular formula is C17H27N3O4. The van der Waals surface area contributed by atoms with Gasteiger partial charge in [-0.15, -0.1) is 0 Å². The minimum absolute atomic E-state index is 0.160. The van der Waals surface area contributed by atoms with E-state index >= 15 is 0 Å². The van der Waals surface area contributed by atoms with Crippen LogP contribution in [-0.2, 0) is 4.74 Å². The standard InChI is InChI=1S/C17H27N3O4/c1-3-24-15-7-5-4-6-14(15)19-16(21)18-12-17(2,22)13-20-8-10-23-11-9-20/h4-7,22H,3,8-13H2,1-2H3,(H2,18,19,21)/t17-/m0/s1. The van der Waals surface area contributed by atoms with Gasteiger partial charge < -0.3 is 25.2 Å². The maximum absolute atomic E-state index is 12.1. The Hall–Kier alpha value is -1.83. The number of nitrogens with zero attached hydrogens (tertiary/aromatic N) is 1. The van der Waals surface area contributed by atoms with Gasteiger partial charge in [-0.05, 0) is 26.0 Å². The zero-order valence-electron chi connectivity index (χ0n) is 14.4. The largest absolute Gasteiger partial charge is 0.492 e. The van der Waals surface area contributed by atoms with Gasteiger partial charge in [-0.1, -0.05) is 12.1 Å². The molecule has 1 aliphatic rings. The molecule has 0 radical (unpaired) electrons. The average Bonchev–Trinajstić information content (AvgIpc) is 2.56. The number of benzene rings is 1. The van der Waals surface area contributed by atoms with Crippen LogP contribution in [0, 0.1) is 0 Å². The fraction of sp³-hybridized carbons (Fsp3) is 0.588. The summed E-state index contributed by atoms with van der Waals surface area (Å²) in [6.07, 6.45) is 0. The van der Waals surface area contributed by atoms with Crippen LogP contribution < -0.4 is 15.4 Å². The van der Waals surface area contributed by atoms with Gasteiger partial charge in [0.05, 0.1) is 31.1 Å². The summed E-state index contributed by atoms with van der Waals surface area (Å²) in [7, 11) is 0. The zero-order valence-corrected chi connectivity index (χ0v) is 14.4. The number of urea groups is 1. The summed E-state index contributed by atoms with van der Waals surface area (Å²) in [4.78, 5) is 14.2. The molecular weight excluding hydrogens is 310 g/mol. The molecule has 0 bridgehead atoms. The van der Waals surface area contributed by atoms with Crippen LogP contribution in [0.1, 0.15) is 13.8 Å². The first kappa shape index (κ1) is 18.5. The maximum Gasteiger partial charge on any atom is 0.319 e. The number of ether oxygens (including phenoxy) is 2. The number of β-amino-alcohol motifs (C(OH)–C–C–N with tert-alkyl or cyclic N) is 1. The van der Waals surface area contributed by atoms with Crippen molar-refractivity contribution < 1.29 is 19.4 Å². The monoisotopic (exact) mass is 337 g/mol. The van der Waals surface area contributed by atoms with Crippen LogP contribution in [0.5, 0.6) is 5.75 Å². The van der Waals surface area contributed by atoms with E-state index in [4.69, 9.17) is 9.47 Å². The lowest BCUT2D eigenvalue weighted by molar-refractivity contribution is -0.0205. The van der Waals surface area contributed by atoms with Crippen molar-refractivity contribution in [1.29, 1.82) is 0 Å². The Morgan fingerprint density at radius 2 is 2.08 bits per heavy atom. The summed E-state index contributed by atoms with van der Waals surface area (Å²) >= 11 is 0. The van der Waals surface area contributed by atoms with Crippen LogP contribution in [0.4, 0.5) is 10.5 Å². The number of nitrogens with one attached hydrogen (secondary N) is 2. The van der Waals surface area contributed by atoms with Crippen molar-refractivity contribution in [1.82, 2.24) is 10.2 Å². The Balaban J connectivity index is 1.81. The van der Waals surface area contributed by atoms with Crippen molar-refractivity contribution in [2.45, 2.75) is 19.4 Å². The molecule has 1 aromatic carbocycles. The smallest absolute Gasteiger partial charge is 0.319 e. The molecule has 0 spiro atoms. The van der Waals surface area contributed by atoms with Gasteiger partial charge in [-0.2, -0.15) is 0 Å². The number of rotatable bonds is 7. The molecule has 0 aromatic heterocycles. The van der Waals surface area contributed by atoms with E-state index in [-0.39, 0.29) is 12.6 Å². The molecule has 1 heterocycles. The third kappa shape index (κ3) is 5.99. The molecule has 0 aliphatic carbocycles. The lowest BCUT2D eigenvalue weighted by Gasteiger charge is -2.33. The highest BCUT2D eigenvalue weighted by molar-refractivity contribution is 5.90. The summed E-state index contributed by atoms with van der Waals surface area (Å²) < 4.78 is 10.8. The Bertz CT molecular complexity index is 530. The third-order valence-electron chi connectivity index (χ3n) is 3.73. The van der Waals surface area contributed by atoms with Gasteiger partial charge >= 0.3 is 6.03 Å². The predicted molar refractivity (Wildman–Crippen MR) is 92.5 cm³/mol. The second-order valence-corrected chi connectivity index (χ2v) is 6.12. The molecule has 2 rings (SSSR count). The highest BCUT2D eigenvalue weighted by atomic mass is 16.5. The Morgan fingerprint density at radius 1 is 1.38 bits per heavy atom. The van der Waals surface area contributed by atoms with Crippen molar-refractivity contribution in [2.24, 2.45) is 0 Å². The van der Waals surface area contributed by atoms with E-state index in [0.29, 0.717) is 37.8 Å². The van der Waals surface area contributed by atoms with Crippen molar-refractivity contribution in [2.75, 3.05) is 51.3 Å². The molecule has 1 aliphatic heterocycles. The van der Waals surface area contributed by atoms with Crippen LogP contribution >= 0.6 is 0 Å². The van der Waals surface area contributed by atoms with Crippen molar-refractivity contribution >= 4 is 11.7 Å². The van der Waals surface area contributed by atoms with Crippen LogP contribution in [0.3, 0.4) is 0 Å². The van der Waals surface area contributed by atoms with E-state index in [1.165, 1.54) is 0 Å². The fourth-order valence-electron chi connectivity index (χ4n) is 2.59. The molecule has 0 saturated carbocycles. The molecule has 1 saturated heterocycles. The second-order valence-electron chi connectivity index (χ2n) is 6.12. The number of hydrogen-bond acceptors (Lipinski definition) is 5. The van der Waals surface area contributed by atoms with Crippen molar-refractivity contribution in [3.05, 3.63) is 24.3 Å². The first-order chi connectivity index (χ1) is 11.5. The van der Waals surface area contributed by atoms with Gasteiger partial charge in [-0.3, -0.25) is 4.90 Å². The molecule has 24 heavy (non-hydrogen) atoms. The normalized spacial score (nSPS) is 17.8. The van der Waals surface area contributed by atoms with E-state index in [9.17, 15) is 9.90 Å². The predicted octanol–water partition coefficient (Wildman–Crippen LogP) is 1.29. The summed E-state index contributed by atoms with van der Waals surface area (Å²) in [5.41, 5.74) is -0.404. The average molecular weight is 337 g/mol. The number of hydrogen-bond donors (Lipinski definition) is 3. The number of carbonyl (C=O) groups is 1. The van der Waals surface area contributed by atoms with E-state index in [2.05, 4.69) is 15.5 Å². The lowest BCUT2D eigenvalue weighted by Crippen LogP contribution is -2.51. The Labute approximate surface area is 142 Å². The van der Waals surface area contributed by atoms with Gasteiger partial charge in [0.25, 0.3) is 0 Å². The minimum Gasteiger partial charge on any atom is -0.492 e. The van der Waals surface area contributed by atoms with Crippen molar-refractivity contribution in [3.8, 4) is 5.75 Å². The van der Waals surface area contributed by atoms with Crippen molar-refractivity contribution in [3.63, 3.8) is 0 Å². The highest BCUT2D eigenvalue weighted by Gasteiger charge is 2.26. The van der Waals surface area contributed by atoms with Crippen LogP contribution in [-0.4, -0.2) is 67.6 Å². The number of aliphatic hydroxyl groups is 1. The first-order valence-corrected chi connectivity index (χ1v) is 8.29. The summed E-state index contributed by atoms with van der Waals surface area (Å²) in [5.74, 6) is 0.621. The van der Waals surface area contributed by atoms with Gasteiger partial charge in [0.15, 0.2) is 0 Å². The maximum atomic E-state index is 12.1. The van der Waals surface area contributed by atoms with Gasteiger partial charge in [0.2, 0.25) is 0 Å². The number of carbonyl (C=O) groups excluding carboxylic acids is 1. The molecule has 7 heteroatoms. The Morgan fingerprint density at radius 3 is 2.79 bits per heavy atom. The number of anilines is 1. The third-order valence-corrected chi connectivity index (χ3v) is 3.73. The summed E-state index contributed by atoms with van der Waals surface area (Å²) in [5, 5.41) is 15.9. The molecule has 0 unspecified atom stereocenters. The topological polar surface area (TPSA) is 83.1 Å². The quantitative estimate of drug-likeness (QED) is 0.698. The molecule has 7 nitrogen and oxygen atoms in total. The molecule has 1 fully saturated rings. The number of morpholine rings is 1. The van der Waals surface area contributed by atoms with Gasteiger partial charge in [0.1, 0.15) is 5.75 Å². The second kappa shape index (κ2) is 8.86. The van der Waals surface area contributed by atoms with E-state index in [1.807, 2.05) is 19.1 Å². The fourth-order valence-corrected chi connectivity index (χ4v) is 2.59. The number of para-hydroxylation sites is 2. The first-order valence-electron chi connectivity index (χ1n) is 8.29. The van der Waals surface area contributed by atoms with Gasteiger partial charge in [0, 0.05) is 26.2 Å². The zero-order chi connectivity index (χ0) is 17.4. The van der Waals surface area contributed by atoms with E-state index in [1.54, 1.807) is 19.1 Å². The lowest BCUT2D eigenvalue weighted by atomic mass is 10.1.